The Morgan fingerprint density at radius 1 is 1.16 bits per heavy atom. The molecule has 3 fully saturated rings. The first kappa shape index (κ1) is 20.1. The summed E-state index contributed by atoms with van der Waals surface area (Å²) >= 11 is 6.58. The van der Waals surface area contributed by atoms with E-state index in [1.54, 1.807) is 10.9 Å². The minimum Gasteiger partial charge on any atom is -0.310 e. The number of halogens is 2. The van der Waals surface area contributed by atoms with Crippen LogP contribution in [0.3, 0.4) is 0 Å². The molecule has 0 bridgehead atoms. The van der Waals surface area contributed by atoms with Crippen molar-refractivity contribution in [2.24, 2.45) is 13.0 Å². The fourth-order valence-corrected chi connectivity index (χ4v) is 5.49. The lowest BCUT2D eigenvalue weighted by Gasteiger charge is -2.48. The number of carbonyl (C=O) groups excluding carboxylic acids is 1. The van der Waals surface area contributed by atoms with Crippen LogP contribution in [0.5, 0.6) is 0 Å². The molecule has 8 heteroatoms. The highest BCUT2D eigenvalue weighted by Crippen LogP contribution is 2.48. The summed E-state index contributed by atoms with van der Waals surface area (Å²) in [5, 5.41) is 9.91. The zero-order chi connectivity index (χ0) is 22.0. The zero-order valence-electron chi connectivity index (χ0n) is 17.8. The van der Waals surface area contributed by atoms with E-state index in [0.717, 1.165) is 46.2 Å². The summed E-state index contributed by atoms with van der Waals surface area (Å²) < 4.78 is 14.9. The third kappa shape index (κ3) is 3.57. The van der Waals surface area contributed by atoms with Crippen molar-refractivity contribution >= 4 is 34.1 Å². The highest BCUT2D eigenvalue weighted by molar-refractivity contribution is 6.32. The van der Waals surface area contributed by atoms with Crippen molar-refractivity contribution in [2.45, 2.75) is 43.3 Å². The Labute approximate surface area is 190 Å². The molecule has 32 heavy (non-hydrogen) atoms. The van der Waals surface area contributed by atoms with E-state index in [-0.39, 0.29) is 17.7 Å². The van der Waals surface area contributed by atoms with Gasteiger partial charge in [0, 0.05) is 54.9 Å². The Bertz CT molecular complexity index is 1200. The lowest BCUT2D eigenvalue weighted by atomic mass is 9.74. The molecule has 0 spiro atoms. The van der Waals surface area contributed by atoms with Gasteiger partial charge in [-0.25, -0.2) is 9.37 Å². The van der Waals surface area contributed by atoms with Crippen molar-refractivity contribution in [1.29, 1.82) is 0 Å². The summed E-state index contributed by atoms with van der Waals surface area (Å²) in [4.78, 5) is 19.4. The van der Waals surface area contributed by atoms with Crippen molar-refractivity contribution in [3.8, 4) is 0 Å². The lowest BCUT2D eigenvalue weighted by molar-refractivity contribution is -0.117. The Morgan fingerprint density at radius 3 is 2.69 bits per heavy atom. The van der Waals surface area contributed by atoms with Crippen molar-refractivity contribution in [2.75, 3.05) is 18.4 Å². The van der Waals surface area contributed by atoms with Crippen molar-refractivity contribution in [3.05, 3.63) is 52.9 Å². The highest BCUT2D eigenvalue weighted by atomic mass is 35.5. The number of aryl methyl sites for hydroxylation is 1. The predicted octanol–water partition coefficient (Wildman–Crippen LogP) is 4.26. The molecule has 1 saturated heterocycles. The fraction of sp³-hybridized carbons (Fsp3) is 0.458. The normalized spacial score (nSPS) is 27.7. The number of pyridine rings is 1. The van der Waals surface area contributed by atoms with Gasteiger partial charge in [-0.05, 0) is 65.8 Å². The monoisotopic (exact) mass is 453 g/mol. The van der Waals surface area contributed by atoms with E-state index in [1.165, 1.54) is 0 Å². The van der Waals surface area contributed by atoms with Crippen LogP contribution in [0.4, 0.5) is 10.2 Å². The summed E-state index contributed by atoms with van der Waals surface area (Å²) in [5.74, 6) is 1.17. The van der Waals surface area contributed by atoms with Crippen LogP contribution >= 0.6 is 11.6 Å². The molecule has 1 aliphatic heterocycles. The maximum absolute atomic E-state index is 13.1. The van der Waals surface area contributed by atoms with Gasteiger partial charge in [-0.3, -0.25) is 14.4 Å². The second-order valence-corrected chi connectivity index (χ2v) is 9.96. The summed E-state index contributed by atoms with van der Waals surface area (Å²) in [6.45, 7) is 1.14. The summed E-state index contributed by atoms with van der Waals surface area (Å²) in [5.41, 5.74) is 2.24. The maximum Gasteiger partial charge on any atom is 0.229 e. The minimum absolute atomic E-state index is 0.00226. The van der Waals surface area contributed by atoms with Gasteiger partial charge in [0.15, 0.2) is 0 Å². The number of rotatable bonds is 5. The SMILES string of the molecule is Cn1cc([C@@H]2C[C@H]2C(=O)Nc2cc3cc(C4CC(N5CC(F)C5)C4)c(Cl)cc3cn2)cn1. The number of fused-ring (bicyclic) bond motifs is 1. The van der Waals surface area contributed by atoms with Crippen LogP contribution in [0.25, 0.3) is 10.8 Å². The van der Waals surface area contributed by atoms with Gasteiger partial charge in [-0.2, -0.15) is 5.10 Å². The molecule has 2 atom stereocenters. The van der Waals surface area contributed by atoms with Crippen molar-refractivity contribution in [1.82, 2.24) is 19.7 Å². The molecule has 166 valence electrons. The number of anilines is 1. The number of aromatic nitrogens is 3. The van der Waals surface area contributed by atoms with Crippen molar-refractivity contribution < 1.29 is 9.18 Å². The average Bonchev–Trinajstić information content (AvgIpc) is 3.40. The molecular formula is C24H25ClFN5O. The molecule has 6 rings (SSSR count). The predicted molar refractivity (Wildman–Crippen MR) is 122 cm³/mol. The molecule has 0 radical (unpaired) electrons. The second kappa shape index (κ2) is 7.52. The number of likely N-dealkylation sites (tertiary alicyclic amines) is 1. The molecule has 3 aliphatic rings. The topological polar surface area (TPSA) is 63.1 Å². The van der Waals surface area contributed by atoms with E-state index in [0.29, 0.717) is 30.9 Å². The smallest absolute Gasteiger partial charge is 0.229 e. The van der Waals surface area contributed by atoms with Gasteiger partial charge in [0.25, 0.3) is 0 Å². The van der Waals surface area contributed by atoms with Gasteiger partial charge in [0.05, 0.1) is 6.20 Å². The molecule has 3 heterocycles. The van der Waals surface area contributed by atoms with Gasteiger partial charge in [-0.1, -0.05) is 11.6 Å². The van der Waals surface area contributed by atoms with Crippen LogP contribution in [0.15, 0.2) is 36.8 Å². The molecule has 1 aromatic carbocycles. The van der Waals surface area contributed by atoms with E-state index < -0.39 is 6.17 Å². The molecule has 3 aromatic rings. The number of nitrogens with one attached hydrogen (secondary N) is 1. The quantitative estimate of drug-likeness (QED) is 0.626. The Morgan fingerprint density at radius 2 is 1.97 bits per heavy atom. The number of alkyl halides is 1. The van der Waals surface area contributed by atoms with Crippen molar-refractivity contribution in [3.63, 3.8) is 0 Å². The first-order valence-corrected chi connectivity index (χ1v) is 11.6. The van der Waals surface area contributed by atoms with E-state index in [4.69, 9.17) is 11.6 Å². The van der Waals surface area contributed by atoms with Crippen LogP contribution in [-0.4, -0.2) is 50.9 Å². The van der Waals surface area contributed by atoms with Gasteiger partial charge in [-0.15, -0.1) is 0 Å². The van der Waals surface area contributed by atoms with Crippen LogP contribution < -0.4 is 5.32 Å². The lowest BCUT2D eigenvalue weighted by Crippen LogP contribution is -2.57. The fourth-order valence-electron chi connectivity index (χ4n) is 5.16. The summed E-state index contributed by atoms with van der Waals surface area (Å²) in [6, 6.07) is 6.48. The molecule has 2 aliphatic carbocycles. The first-order valence-electron chi connectivity index (χ1n) is 11.2. The summed E-state index contributed by atoms with van der Waals surface area (Å²) in [7, 11) is 1.88. The van der Waals surface area contributed by atoms with E-state index >= 15 is 0 Å². The van der Waals surface area contributed by atoms with Gasteiger partial charge < -0.3 is 5.32 Å². The second-order valence-electron chi connectivity index (χ2n) is 9.55. The van der Waals surface area contributed by atoms with Gasteiger partial charge >= 0.3 is 0 Å². The van der Waals surface area contributed by atoms with Crippen LogP contribution in [0.2, 0.25) is 5.02 Å². The Hall–Kier alpha value is -2.51. The van der Waals surface area contributed by atoms with Crippen LogP contribution in [0.1, 0.15) is 42.2 Å². The number of amides is 1. The molecule has 1 N–H and O–H groups in total. The first-order chi connectivity index (χ1) is 15.4. The number of carbonyl (C=O) groups is 1. The largest absolute Gasteiger partial charge is 0.310 e. The third-order valence-electron chi connectivity index (χ3n) is 7.30. The molecule has 0 unspecified atom stereocenters. The molecule has 2 saturated carbocycles. The standard InChI is InChI=1S/C24H25ClFN5O/c1-30-10-16(9-28-30)19-7-21(19)24(32)29-23-6-13-4-20(22(25)5-15(13)8-27-23)14-2-18(3-14)31-11-17(26)12-31/h4-6,8-10,14,17-19,21H,2-3,7,11-12H2,1H3,(H,27,29,32)/t14?,18?,19-,21+/m0/s1. The van der Waals surface area contributed by atoms with Crippen LogP contribution in [0, 0.1) is 5.92 Å². The summed E-state index contributed by atoms with van der Waals surface area (Å²) in [6.07, 6.45) is 7.79. The minimum atomic E-state index is -0.658. The Kier molecular flexibility index (Phi) is 4.73. The van der Waals surface area contributed by atoms with Crippen LogP contribution in [-0.2, 0) is 11.8 Å². The molecule has 2 aromatic heterocycles. The number of hydrogen-bond donors (Lipinski definition) is 1. The molecular weight excluding hydrogens is 429 g/mol. The van der Waals surface area contributed by atoms with E-state index in [1.807, 2.05) is 31.6 Å². The molecule has 6 nitrogen and oxygen atoms in total. The number of hydrogen-bond acceptors (Lipinski definition) is 4. The zero-order valence-corrected chi connectivity index (χ0v) is 18.6. The average molecular weight is 454 g/mol. The Balaban J connectivity index is 1.14. The third-order valence-corrected chi connectivity index (χ3v) is 7.63. The highest BCUT2D eigenvalue weighted by Gasteiger charge is 2.45. The van der Waals surface area contributed by atoms with Gasteiger partial charge in [0.2, 0.25) is 5.91 Å². The maximum atomic E-state index is 13.1. The van der Waals surface area contributed by atoms with E-state index in [2.05, 4.69) is 26.4 Å². The number of benzene rings is 1. The molecule has 1 amide bonds. The number of nitrogens with zero attached hydrogens (tertiary/aromatic N) is 4. The van der Waals surface area contributed by atoms with E-state index in [9.17, 15) is 9.18 Å². The van der Waals surface area contributed by atoms with Gasteiger partial charge in [0.1, 0.15) is 12.0 Å².